The molecule has 0 N–H and O–H groups in total. The molecule has 1 aromatic heterocycles. The second-order valence-corrected chi connectivity index (χ2v) is 8.37. The molecule has 0 bridgehead atoms. The number of rotatable bonds is 5. The molecule has 0 spiro atoms. The van der Waals surface area contributed by atoms with Crippen LogP contribution < -0.4 is 4.74 Å². The van der Waals surface area contributed by atoms with Crippen LogP contribution in [0.5, 0.6) is 5.88 Å². The number of hydrogen-bond acceptors (Lipinski definition) is 6. The first-order valence-electron chi connectivity index (χ1n) is 8.42. The summed E-state index contributed by atoms with van der Waals surface area (Å²) in [5.74, 6) is 0.444. The van der Waals surface area contributed by atoms with Gasteiger partial charge in [0, 0.05) is 36.1 Å². The van der Waals surface area contributed by atoms with Crippen molar-refractivity contribution in [2.75, 3.05) is 25.2 Å². The molecular weight excluding hydrogens is 354 g/mol. The van der Waals surface area contributed by atoms with Crippen LogP contribution in [0.3, 0.4) is 0 Å². The highest BCUT2D eigenvalue weighted by Crippen LogP contribution is 2.26. The lowest BCUT2D eigenvalue weighted by atomic mass is 10.1. The summed E-state index contributed by atoms with van der Waals surface area (Å²) in [6.45, 7) is 2.33. The zero-order valence-corrected chi connectivity index (χ0v) is 15.6. The topological polar surface area (TPSA) is 89.5 Å². The van der Waals surface area contributed by atoms with Gasteiger partial charge in [-0.3, -0.25) is 4.79 Å². The number of aromatic nitrogens is 2. The van der Waals surface area contributed by atoms with Crippen LogP contribution in [0.25, 0.3) is 11.3 Å². The average molecular weight is 375 g/mol. The van der Waals surface area contributed by atoms with Gasteiger partial charge in [0.1, 0.15) is 5.69 Å². The van der Waals surface area contributed by atoms with Crippen LogP contribution in [0.2, 0.25) is 0 Å². The Balaban J connectivity index is 1.82. The van der Waals surface area contributed by atoms with Crippen molar-refractivity contribution in [3.05, 3.63) is 42.2 Å². The van der Waals surface area contributed by atoms with Crippen LogP contribution >= 0.6 is 0 Å². The van der Waals surface area contributed by atoms with Gasteiger partial charge in [0.25, 0.3) is 5.91 Å². The summed E-state index contributed by atoms with van der Waals surface area (Å²) >= 11 is 0. The Hall–Kier alpha value is -2.48. The van der Waals surface area contributed by atoms with Crippen LogP contribution in [0.4, 0.5) is 0 Å². The van der Waals surface area contributed by atoms with Gasteiger partial charge in [0.2, 0.25) is 5.88 Å². The molecule has 26 heavy (non-hydrogen) atoms. The molecule has 1 saturated heterocycles. The summed E-state index contributed by atoms with van der Waals surface area (Å²) in [7, 11) is -1.51. The zero-order chi connectivity index (χ0) is 18.7. The SMILES string of the molecule is CCN(C(=O)c1ccc(-c2nccnc2OC)cc1)[C@@H]1CCS(=O)(=O)C1. The minimum atomic E-state index is -3.04. The molecule has 3 rings (SSSR count). The summed E-state index contributed by atoms with van der Waals surface area (Å²) in [5.41, 5.74) is 1.91. The largest absolute Gasteiger partial charge is 0.479 e. The average Bonchev–Trinajstić information content (AvgIpc) is 3.02. The Morgan fingerprint density at radius 1 is 1.23 bits per heavy atom. The fourth-order valence-electron chi connectivity index (χ4n) is 3.20. The third-order valence-electron chi connectivity index (χ3n) is 4.51. The standard InChI is InChI=1S/C18H21N3O4S/c1-3-21(15-8-11-26(23,24)12-15)18(22)14-6-4-13(5-7-14)16-17(25-2)20-10-9-19-16/h4-7,9-10,15H,3,8,11-12H2,1-2H3/t15-/m1/s1. The summed E-state index contributed by atoms with van der Waals surface area (Å²) < 4.78 is 28.7. The molecule has 8 heteroatoms. The Labute approximate surface area is 153 Å². The Kier molecular flexibility index (Phi) is 5.22. The fraction of sp³-hybridized carbons (Fsp3) is 0.389. The molecule has 1 aromatic carbocycles. The minimum absolute atomic E-state index is 0.0431. The van der Waals surface area contributed by atoms with Crippen molar-refractivity contribution in [1.29, 1.82) is 0 Å². The maximum Gasteiger partial charge on any atom is 0.254 e. The molecule has 0 radical (unpaired) electrons. The highest BCUT2D eigenvalue weighted by molar-refractivity contribution is 7.91. The number of carbonyl (C=O) groups excluding carboxylic acids is 1. The molecule has 1 atom stereocenters. The molecule has 7 nitrogen and oxygen atoms in total. The van der Waals surface area contributed by atoms with E-state index in [9.17, 15) is 13.2 Å². The van der Waals surface area contributed by atoms with Gasteiger partial charge in [-0.05, 0) is 25.5 Å². The van der Waals surface area contributed by atoms with E-state index in [0.717, 1.165) is 5.56 Å². The second-order valence-electron chi connectivity index (χ2n) is 6.14. The van der Waals surface area contributed by atoms with E-state index >= 15 is 0 Å². The first-order chi connectivity index (χ1) is 12.4. The van der Waals surface area contributed by atoms with Gasteiger partial charge in [0.05, 0.1) is 18.6 Å². The maximum absolute atomic E-state index is 12.8. The lowest BCUT2D eigenvalue weighted by Crippen LogP contribution is -2.40. The highest BCUT2D eigenvalue weighted by atomic mass is 32.2. The molecule has 1 amide bonds. The van der Waals surface area contributed by atoms with Crippen LogP contribution in [0.1, 0.15) is 23.7 Å². The predicted octanol–water partition coefficient (Wildman–Crippen LogP) is 1.80. The fourth-order valence-corrected chi connectivity index (χ4v) is 4.93. The van der Waals surface area contributed by atoms with E-state index in [0.29, 0.717) is 30.1 Å². The van der Waals surface area contributed by atoms with E-state index in [1.165, 1.54) is 7.11 Å². The Morgan fingerprint density at radius 3 is 2.50 bits per heavy atom. The van der Waals surface area contributed by atoms with Crippen LogP contribution in [0, 0.1) is 0 Å². The molecule has 138 valence electrons. The quantitative estimate of drug-likeness (QED) is 0.792. The summed E-state index contributed by atoms with van der Waals surface area (Å²) in [6, 6.07) is 6.77. The number of nitrogens with zero attached hydrogens (tertiary/aromatic N) is 3. The van der Waals surface area contributed by atoms with E-state index in [2.05, 4.69) is 9.97 Å². The normalized spacial score (nSPS) is 18.5. The lowest BCUT2D eigenvalue weighted by molar-refractivity contribution is 0.0708. The van der Waals surface area contributed by atoms with E-state index < -0.39 is 9.84 Å². The molecule has 1 aliphatic heterocycles. The number of methoxy groups -OCH3 is 1. The molecule has 0 unspecified atom stereocenters. The monoisotopic (exact) mass is 375 g/mol. The van der Waals surface area contributed by atoms with Gasteiger partial charge in [-0.2, -0.15) is 0 Å². The number of hydrogen-bond donors (Lipinski definition) is 0. The maximum atomic E-state index is 12.8. The molecule has 2 aromatic rings. The van der Waals surface area contributed by atoms with Crippen molar-refractivity contribution in [3.8, 4) is 17.1 Å². The predicted molar refractivity (Wildman–Crippen MR) is 97.8 cm³/mol. The first-order valence-corrected chi connectivity index (χ1v) is 10.2. The molecule has 0 saturated carbocycles. The third-order valence-corrected chi connectivity index (χ3v) is 6.26. The van der Waals surface area contributed by atoms with Crippen molar-refractivity contribution in [1.82, 2.24) is 14.9 Å². The molecule has 2 heterocycles. The van der Waals surface area contributed by atoms with Gasteiger partial charge in [-0.1, -0.05) is 12.1 Å². The van der Waals surface area contributed by atoms with Crippen molar-refractivity contribution in [3.63, 3.8) is 0 Å². The van der Waals surface area contributed by atoms with Crippen molar-refractivity contribution >= 4 is 15.7 Å². The van der Waals surface area contributed by atoms with Gasteiger partial charge >= 0.3 is 0 Å². The Morgan fingerprint density at radius 2 is 1.92 bits per heavy atom. The number of amides is 1. The first kappa shape index (κ1) is 18.3. The minimum Gasteiger partial charge on any atom is -0.479 e. The lowest BCUT2D eigenvalue weighted by Gasteiger charge is -2.27. The van der Waals surface area contributed by atoms with E-state index in [4.69, 9.17) is 4.74 Å². The third kappa shape index (κ3) is 3.70. The smallest absolute Gasteiger partial charge is 0.254 e. The zero-order valence-electron chi connectivity index (χ0n) is 14.8. The second kappa shape index (κ2) is 7.41. The van der Waals surface area contributed by atoms with Crippen LogP contribution in [-0.4, -0.2) is 60.4 Å². The van der Waals surface area contributed by atoms with Gasteiger partial charge in [-0.15, -0.1) is 0 Å². The van der Waals surface area contributed by atoms with E-state index in [1.807, 2.05) is 6.92 Å². The number of benzene rings is 1. The molecule has 1 aliphatic rings. The summed E-state index contributed by atoms with van der Waals surface area (Å²) in [4.78, 5) is 22.9. The highest BCUT2D eigenvalue weighted by Gasteiger charge is 2.34. The van der Waals surface area contributed by atoms with Gasteiger partial charge in [-0.25, -0.2) is 18.4 Å². The van der Waals surface area contributed by atoms with Crippen molar-refractivity contribution in [2.24, 2.45) is 0 Å². The van der Waals surface area contributed by atoms with Crippen molar-refractivity contribution in [2.45, 2.75) is 19.4 Å². The Bertz CT molecular complexity index is 897. The summed E-state index contributed by atoms with van der Waals surface area (Å²) in [5, 5.41) is 0. The van der Waals surface area contributed by atoms with E-state index in [1.54, 1.807) is 41.6 Å². The van der Waals surface area contributed by atoms with Crippen LogP contribution in [-0.2, 0) is 9.84 Å². The molecule has 0 aliphatic carbocycles. The van der Waals surface area contributed by atoms with Gasteiger partial charge in [0.15, 0.2) is 9.84 Å². The van der Waals surface area contributed by atoms with Crippen molar-refractivity contribution < 1.29 is 17.9 Å². The molecule has 1 fully saturated rings. The van der Waals surface area contributed by atoms with Gasteiger partial charge < -0.3 is 9.64 Å². The number of sulfone groups is 1. The molecular formula is C18H21N3O4S. The summed E-state index contributed by atoms with van der Waals surface area (Å²) in [6.07, 6.45) is 3.63. The van der Waals surface area contributed by atoms with Crippen LogP contribution in [0.15, 0.2) is 36.7 Å². The van der Waals surface area contributed by atoms with E-state index in [-0.39, 0.29) is 23.5 Å². The number of ether oxygens (including phenoxy) is 1. The number of carbonyl (C=O) groups is 1.